The van der Waals surface area contributed by atoms with E-state index < -0.39 is 0 Å². The zero-order chi connectivity index (χ0) is 17.8. The first kappa shape index (κ1) is 16.8. The highest BCUT2D eigenvalue weighted by Gasteiger charge is 2.24. The molecule has 134 valence electrons. The number of carbonyl (C=O) groups is 1. The Labute approximate surface area is 154 Å². The van der Waals surface area contributed by atoms with Crippen molar-refractivity contribution in [3.8, 4) is 5.88 Å². The van der Waals surface area contributed by atoms with E-state index >= 15 is 0 Å². The van der Waals surface area contributed by atoms with Crippen molar-refractivity contribution in [1.29, 1.82) is 0 Å². The van der Waals surface area contributed by atoms with Crippen molar-refractivity contribution < 1.29 is 13.9 Å². The van der Waals surface area contributed by atoms with Crippen LogP contribution in [0.15, 0.2) is 52.5 Å². The Hall–Kier alpha value is -2.61. The van der Waals surface area contributed by atoms with Crippen molar-refractivity contribution in [3.05, 3.63) is 42.9 Å². The second-order valence-corrected chi connectivity index (χ2v) is 6.91. The first-order chi connectivity index (χ1) is 12.8. The number of ether oxygens (including phenoxy) is 1. The Morgan fingerprint density at radius 2 is 2.12 bits per heavy atom. The Bertz CT molecular complexity index is 845. The second-order valence-electron chi connectivity index (χ2n) is 5.98. The van der Waals surface area contributed by atoms with Crippen LogP contribution in [0.1, 0.15) is 12.8 Å². The van der Waals surface area contributed by atoms with Gasteiger partial charge in [0.25, 0.3) is 5.22 Å². The molecule has 1 aliphatic heterocycles. The average molecular weight is 370 g/mol. The van der Waals surface area contributed by atoms with E-state index in [0.29, 0.717) is 29.9 Å². The van der Waals surface area contributed by atoms with E-state index in [2.05, 4.69) is 15.0 Å². The number of hydrogen-bond donors (Lipinski definition) is 0. The molecule has 1 fully saturated rings. The van der Waals surface area contributed by atoms with Gasteiger partial charge < -0.3 is 14.1 Å². The summed E-state index contributed by atoms with van der Waals surface area (Å²) in [4.78, 5) is 26.6. The molecule has 7 nitrogen and oxygen atoms in total. The number of piperidine rings is 1. The van der Waals surface area contributed by atoms with E-state index in [0.717, 1.165) is 23.9 Å². The maximum absolute atomic E-state index is 12.4. The molecule has 0 saturated carbocycles. The third-order valence-electron chi connectivity index (χ3n) is 4.23. The molecule has 26 heavy (non-hydrogen) atoms. The number of oxazole rings is 1. The number of fused-ring (bicyclic) bond motifs is 1. The van der Waals surface area contributed by atoms with Gasteiger partial charge in [0, 0.05) is 38.2 Å². The van der Waals surface area contributed by atoms with Crippen molar-refractivity contribution in [2.75, 3.05) is 18.8 Å². The third-order valence-corrected chi connectivity index (χ3v) is 5.04. The Balaban J connectivity index is 1.25. The summed E-state index contributed by atoms with van der Waals surface area (Å²) >= 11 is 1.33. The normalized spacial score (nSPS) is 15.3. The van der Waals surface area contributed by atoms with Crippen LogP contribution in [0.5, 0.6) is 5.88 Å². The first-order valence-electron chi connectivity index (χ1n) is 8.47. The number of rotatable bonds is 5. The largest absolute Gasteiger partial charge is 0.474 e. The number of hydrogen-bond acceptors (Lipinski definition) is 7. The molecule has 0 aliphatic carbocycles. The highest BCUT2D eigenvalue weighted by molar-refractivity contribution is 7.99. The highest BCUT2D eigenvalue weighted by Crippen LogP contribution is 2.24. The minimum Gasteiger partial charge on any atom is -0.474 e. The van der Waals surface area contributed by atoms with Crippen molar-refractivity contribution >= 4 is 28.8 Å². The number of carbonyl (C=O) groups excluding carboxylic acids is 1. The van der Waals surface area contributed by atoms with Crippen molar-refractivity contribution in [2.24, 2.45) is 0 Å². The lowest BCUT2D eigenvalue weighted by Crippen LogP contribution is -2.42. The SMILES string of the molecule is O=C(CSc1nc2ccccc2o1)N1CCC(Oc2ccncn2)CC1. The fraction of sp³-hybridized carbons (Fsp3) is 0.333. The van der Waals surface area contributed by atoms with Crippen LogP contribution in [0.4, 0.5) is 0 Å². The lowest BCUT2D eigenvalue weighted by molar-refractivity contribution is -0.130. The fourth-order valence-electron chi connectivity index (χ4n) is 2.87. The number of likely N-dealkylation sites (tertiary alicyclic amines) is 1. The van der Waals surface area contributed by atoms with Gasteiger partial charge >= 0.3 is 0 Å². The monoisotopic (exact) mass is 370 g/mol. The maximum Gasteiger partial charge on any atom is 0.257 e. The van der Waals surface area contributed by atoms with E-state index in [1.807, 2.05) is 29.2 Å². The van der Waals surface area contributed by atoms with Gasteiger partial charge in [-0.05, 0) is 12.1 Å². The number of nitrogens with zero attached hydrogens (tertiary/aromatic N) is 4. The van der Waals surface area contributed by atoms with Crippen LogP contribution in [0, 0.1) is 0 Å². The fourth-order valence-corrected chi connectivity index (χ4v) is 3.61. The van der Waals surface area contributed by atoms with Gasteiger partial charge in [0.2, 0.25) is 11.8 Å². The lowest BCUT2D eigenvalue weighted by atomic mass is 10.1. The second kappa shape index (κ2) is 7.74. The van der Waals surface area contributed by atoms with Crippen LogP contribution < -0.4 is 4.74 Å². The van der Waals surface area contributed by atoms with Crippen LogP contribution in [0.2, 0.25) is 0 Å². The summed E-state index contributed by atoms with van der Waals surface area (Å²) in [7, 11) is 0. The summed E-state index contributed by atoms with van der Waals surface area (Å²) in [5.41, 5.74) is 1.55. The summed E-state index contributed by atoms with van der Waals surface area (Å²) in [5.74, 6) is 0.999. The number of para-hydroxylation sites is 2. The number of benzene rings is 1. The van der Waals surface area contributed by atoms with E-state index in [9.17, 15) is 4.79 Å². The smallest absolute Gasteiger partial charge is 0.257 e. The van der Waals surface area contributed by atoms with Crippen molar-refractivity contribution in [2.45, 2.75) is 24.2 Å². The molecule has 2 aromatic heterocycles. The van der Waals surface area contributed by atoms with Gasteiger partial charge in [-0.25, -0.2) is 15.0 Å². The number of thioether (sulfide) groups is 1. The molecule has 1 saturated heterocycles. The summed E-state index contributed by atoms with van der Waals surface area (Å²) < 4.78 is 11.5. The number of aromatic nitrogens is 3. The zero-order valence-corrected chi connectivity index (χ0v) is 14.9. The molecule has 0 radical (unpaired) electrons. The predicted molar refractivity (Wildman–Crippen MR) is 97.0 cm³/mol. The molecule has 8 heteroatoms. The van der Waals surface area contributed by atoms with Crippen LogP contribution in [-0.2, 0) is 4.79 Å². The minimum absolute atomic E-state index is 0.0821. The predicted octanol–water partition coefficient (Wildman–Crippen LogP) is 2.78. The van der Waals surface area contributed by atoms with Crippen LogP contribution in [-0.4, -0.2) is 50.7 Å². The molecule has 1 amide bonds. The number of amides is 1. The maximum atomic E-state index is 12.4. The van der Waals surface area contributed by atoms with Crippen LogP contribution >= 0.6 is 11.8 Å². The highest BCUT2D eigenvalue weighted by atomic mass is 32.2. The summed E-state index contributed by atoms with van der Waals surface area (Å²) in [6.45, 7) is 1.37. The van der Waals surface area contributed by atoms with Gasteiger partial charge in [-0.3, -0.25) is 4.79 Å². The van der Waals surface area contributed by atoms with E-state index in [1.165, 1.54) is 18.1 Å². The van der Waals surface area contributed by atoms with Gasteiger partial charge in [0.1, 0.15) is 17.9 Å². The molecule has 1 aliphatic rings. The molecule has 0 unspecified atom stereocenters. The summed E-state index contributed by atoms with van der Waals surface area (Å²) in [5, 5.41) is 0.529. The third kappa shape index (κ3) is 3.96. The average Bonchev–Trinajstić information content (AvgIpc) is 3.10. The molecule has 3 heterocycles. The van der Waals surface area contributed by atoms with E-state index in [4.69, 9.17) is 9.15 Å². The molecule has 1 aromatic carbocycles. The Morgan fingerprint density at radius 3 is 2.88 bits per heavy atom. The van der Waals surface area contributed by atoms with E-state index in [1.54, 1.807) is 12.3 Å². The van der Waals surface area contributed by atoms with Gasteiger partial charge in [-0.15, -0.1) is 0 Å². The van der Waals surface area contributed by atoms with Crippen molar-refractivity contribution in [3.63, 3.8) is 0 Å². The zero-order valence-electron chi connectivity index (χ0n) is 14.1. The Morgan fingerprint density at radius 1 is 1.27 bits per heavy atom. The summed E-state index contributed by atoms with van der Waals surface area (Å²) in [6.07, 6.45) is 4.80. The minimum atomic E-state index is 0.0821. The van der Waals surface area contributed by atoms with Crippen LogP contribution in [0.25, 0.3) is 11.1 Å². The molecule has 0 bridgehead atoms. The molecule has 3 aromatic rings. The molecule has 0 N–H and O–H groups in total. The van der Waals surface area contributed by atoms with Gasteiger partial charge in [-0.1, -0.05) is 23.9 Å². The molecule has 4 rings (SSSR count). The first-order valence-corrected chi connectivity index (χ1v) is 9.45. The quantitative estimate of drug-likeness (QED) is 0.639. The van der Waals surface area contributed by atoms with Gasteiger partial charge in [-0.2, -0.15) is 0 Å². The van der Waals surface area contributed by atoms with Crippen LogP contribution in [0.3, 0.4) is 0 Å². The van der Waals surface area contributed by atoms with Gasteiger partial charge in [0.05, 0.1) is 5.75 Å². The van der Waals surface area contributed by atoms with Gasteiger partial charge in [0.15, 0.2) is 5.58 Å². The molecular weight excluding hydrogens is 352 g/mol. The molecule has 0 spiro atoms. The topological polar surface area (TPSA) is 81.4 Å². The standard InChI is InChI=1S/C18H18N4O3S/c23-17(11-26-18-21-14-3-1-2-4-15(14)25-18)22-9-6-13(7-10-22)24-16-5-8-19-12-20-16/h1-5,8,12-13H,6-7,9-11H2. The van der Waals surface area contributed by atoms with E-state index in [-0.39, 0.29) is 12.0 Å². The summed E-state index contributed by atoms with van der Waals surface area (Å²) in [6, 6.07) is 9.33. The molecule has 0 atom stereocenters. The molecular formula is C18H18N4O3S. The lowest BCUT2D eigenvalue weighted by Gasteiger charge is -2.31. The Kier molecular flexibility index (Phi) is 5.01. The van der Waals surface area contributed by atoms with Crippen molar-refractivity contribution in [1.82, 2.24) is 19.9 Å².